The minimum absolute atomic E-state index is 0.216. The molecular weight excluding hydrogens is 335 g/mol. The van der Waals surface area contributed by atoms with Crippen molar-refractivity contribution in [2.24, 2.45) is 0 Å². The third-order valence-corrected chi connectivity index (χ3v) is 1.97. The van der Waals surface area contributed by atoms with Crippen LogP contribution in [0.4, 0.5) is 0 Å². The molecule has 0 bridgehead atoms. The molecule has 0 aliphatic heterocycles. The van der Waals surface area contributed by atoms with E-state index in [9.17, 15) is 19.8 Å². The quantitative estimate of drug-likeness (QED) is 0.485. The second-order valence-corrected chi connectivity index (χ2v) is 5.05. The van der Waals surface area contributed by atoms with Crippen LogP contribution >= 0.6 is 0 Å². The van der Waals surface area contributed by atoms with E-state index in [1.807, 2.05) is 13.8 Å². The number of carboxylic acid groups (broad SMARTS) is 2. The molecule has 4 nitrogen and oxygen atoms in total. The van der Waals surface area contributed by atoms with E-state index in [4.69, 9.17) is 0 Å². The number of hydrogen-bond acceptors (Lipinski definition) is 4. The monoisotopic (exact) mass is 362 g/mol. The van der Waals surface area contributed by atoms with Gasteiger partial charge in [-0.05, 0) is 25.7 Å². The summed E-state index contributed by atoms with van der Waals surface area (Å²) < 4.78 is 0. The van der Waals surface area contributed by atoms with Crippen LogP contribution in [0.5, 0.6) is 0 Å². The molecule has 19 heavy (non-hydrogen) atoms. The van der Waals surface area contributed by atoms with Crippen LogP contribution in [-0.4, -0.2) is 11.9 Å². The summed E-state index contributed by atoms with van der Waals surface area (Å²) in [5.74, 6) is -1.86. The molecule has 0 spiro atoms. The summed E-state index contributed by atoms with van der Waals surface area (Å²) in [6.07, 6.45) is 6.07. The molecule has 0 saturated heterocycles. The predicted molar refractivity (Wildman–Crippen MR) is 68.8 cm³/mol. The molecule has 0 amide bonds. The fourth-order valence-corrected chi connectivity index (χ4v) is 1.04. The number of carboxylic acids is 2. The van der Waals surface area contributed by atoms with Gasteiger partial charge in [-0.3, -0.25) is 0 Å². The van der Waals surface area contributed by atoms with Crippen molar-refractivity contribution in [3.05, 3.63) is 0 Å². The average Bonchev–Trinajstić information content (AvgIpc) is 2.31. The van der Waals surface area contributed by atoms with Crippen molar-refractivity contribution in [1.29, 1.82) is 0 Å². The molecule has 0 aromatic carbocycles. The number of carbonyl (C=O) groups excluding carboxylic acids is 2. The van der Waals surface area contributed by atoms with E-state index in [-0.39, 0.29) is 12.8 Å². The molecule has 0 saturated carbocycles. The third kappa shape index (κ3) is 46.5. The van der Waals surface area contributed by atoms with Crippen molar-refractivity contribution in [2.75, 3.05) is 0 Å². The Morgan fingerprint density at radius 1 is 0.789 bits per heavy atom. The van der Waals surface area contributed by atoms with E-state index in [0.29, 0.717) is 0 Å². The van der Waals surface area contributed by atoms with Gasteiger partial charge < -0.3 is 19.8 Å². The summed E-state index contributed by atoms with van der Waals surface area (Å²) >= 11 is 2.72. The molecule has 0 aromatic heterocycles. The van der Waals surface area contributed by atoms with Crippen molar-refractivity contribution in [3.8, 4) is 0 Å². The minimum atomic E-state index is -0.932. The van der Waals surface area contributed by atoms with E-state index in [0.717, 1.165) is 43.5 Å². The summed E-state index contributed by atoms with van der Waals surface area (Å²) in [7, 11) is 0. The molecule has 0 rings (SSSR count). The van der Waals surface area contributed by atoms with Crippen LogP contribution in [0, 0.1) is 0 Å². The Balaban J connectivity index is -0.000000224. The third-order valence-electron chi connectivity index (χ3n) is 1.97. The predicted octanol–water partition coefficient (Wildman–Crippen LogP) is 1.60. The van der Waals surface area contributed by atoms with Crippen molar-refractivity contribution in [1.82, 2.24) is 0 Å². The number of unbranched alkanes of at least 4 members (excludes halogenated alkanes) is 4. The fourth-order valence-electron chi connectivity index (χ4n) is 1.04. The zero-order chi connectivity index (χ0) is 15.5. The molecule has 0 unspecified atom stereocenters. The Kier molecular flexibility index (Phi) is 28.3. The Morgan fingerprint density at radius 3 is 1.21 bits per heavy atom. The van der Waals surface area contributed by atoms with Gasteiger partial charge in [-0.25, -0.2) is 0 Å². The van der Waals surface area contributed by atoms with E-state index in [1.54, 1.807) is 0 Å². The van der Waals surface area contributed by atoms with Crippen LogP contribution in [0.3, 0.4) is 0 Å². The Bertz CT molecular complexity index is 176. The van der Waals surface area contributed by atoms with Gasteiger partial charge in [0.05, 0.1) is 0 Å². The topological polar surface area (TPSA) is 80.3 Å². The number of hydrogen-bond donors (Lipinski definition) is 0. The van der Waals surface area contributed by atoms with Gasteiger partial charge in [-0.2, -0.15) is 0 Å². The van der Waals surface area contributed by atoms with E-state index < -0.39 is 11.9 Å². The second kappa shape index (κ2) is 22.7. The maximum atomic E-state index is 9.76. The molecule has 0 aromatic rings. The normalized spacial score (nSPS) is 8.63. The Labute approximate surface area is 127 Å². The number of carbonyl (C=O) groups is 2. The molecule has 116 valence electrons. The average molecular weight is 362 g/mol. The summed E-state index contributed by atoms with van der Waals surface area (Å²) in [5.41, 5.74) is 0. The second-order valence-electron chi connectivity index (χ2n) is 3.89. The van der Waals surface area contributed by atoms with Crippen molar-refractivity contribution in [2.45, 2.75) is 77.2 Å². The van der Waals surface area contributed by atoms with Crippen molar-refractivity contribution in [3.63, 3.8) is 0 Å². The molecular formula is C14H27O4Rh. The first-order valence-corrected chi connectivity index (χ1v) is 8.04. The molecule has 0 radical (unpaired) electrons. The molecule has 0 atom stereocenters. The first kappa shape index (κ1) is 23.6. The van der Waals surface area contributed by atoms with E-state index in [1.165, 1.54) is 0 Å². The van der Waals surface area contributed by atoms with Crippen LogP contribution in [0.1, 0.15) is 72.1 Å². The molecule has 0 N–H and O–H groups in total. The van der Waals surface area contributed by atoms with Crippen molar-refractivity contribution < 1.29 is 38.1 Å². The maximum absolute atomic E-state index is 9.76. The van der Waals surface area contributed by atoms with E-state index in [2.05, 4.69) is 25.2 Å². The summed E-state index contributed by atoms with van der Waals surface area (Å²) in [6, 6.07) is 0. The molecule has 0 aliphatic carbocycles. The van der Waals surface area contributed by atoms with Crippen molar-refractivity contribution >= 4 is 11.9 Å². The van der Waals surface area contributed by atoms with Crippen LogP contribution in [-0.2, 0) is 27.9 Å². The fraction of sp³-hybridized carbons (Fsp3) is 0.857. The van der Waals surface area contributed by atoms with Gasteiger partial charge in [-0.15, -0.1) is 0 Å². The van der Waals surface area contributed by atoms with Crippen LogP contribution < -0.4 is 10.2 Å². The van der Waals surface area contributed by atoms with Gasteiger partial charge in [0, 0.05) is 11.9 Å². The van der Waals surface area contributed by atoms with E-state index >= 15 is 0 Å². The van der Waals surface area contributed by atoms with Gasteiger partial charge >= 0.3 is 30.2 Å². The van der Waals surface area contributed by atoms with Crippen LogP contribution in [0.2, 0.25) is 5.02 Å². The van der Waals surface area contributed by atoms with Gasteiger partial charge in [-0.1, -0.05) is 39.5 Å². The molecule has 0 fully saturated rings. The number of rotatable bonds is 8. The summed E-state index contributed by atoms with van der Waals surface area (Å²) in [4.78, 5) is 19.5. The standard InChI is InChI=1S/2C6H12O2.C2H5.Rh/c2*1-2-3-4-5-6(7)8;1-2;/h2*2-5H2,1H3,(H,7,8);1H2,2H3;/q;;;+2/p-2. The van der Waals surface area contributed by atoms with Gasteiger partial charge in [0.2, 0.25) is 0 Å². The first-order valence-electron chi connectivity index (χ1n) is 6.88. The zero-order valence-electron chi connectivity index (χ0n) is 12.3. The first-order chi connectivity index (χ1) is 8.95. The molecule has 0 heterocycles. The van der Waals surface area contributed by atoms with Gasteiger partial charge in [0.15, 0.2) is 0 Å². The summed E-state index contributed by atoms with van der Waals surface area (Å²) in [5, 5.41) is 20.7. The Morgan fingerprint density at radius 2 is 1.05 bits per heavy atom. The molecule has 5 heteroatoms. The van der Waals surface area contributed by atoms with Crippen LogP contribution in [0.15, 0.2) is 0 Å². The number of aliphatic carboxylic acids is 2. The van der Waals surface area contributed by atoms with Crippen LogP contribution in [0.25, 0.3) is 0 Å². The SMILES string of the molecule is CCCCCC(=O)[O-].CCCCCC(=O)[O-].C[CH2][Rh+2]. The molecule has 0 aliphatic rings. The summed E-state index contributed by atoms with van der Waals surface area (Å²) in [6.45, 7) is 6.15. The Hall–Kier alpha value is -0.437. The van der Waals surface area contributed by atoms with Gasteiger partial charge in [0.1, 0.15) is 0 Å². The zero-order valence-corrected chi connectivity index (χ0v) is 14.0. The van der Waals surface area contributed by atoms with Gasteiger partial charge in [0.25, 0.3) is 0 Å².